The third-order valence-electron chi connectivity index (χ3n) is 3.08. The van der Waals surface area contributed by atoms with Crippen molar-refractivity contribution in [2.45, 2.75) is 6.42 Å². The van der Waals surface area contributed by atoms with Gasteiger partial charge in [-0.25, -0.2) is 9.97 Å². The van der Waals surface area contributed by atoms with Crippen molar-refractivity contribution in [3.63, 3.8) is 0 Å². The molecule has 2 heterocycles. The predicted molar refractivity (Wildman–Crippen MR) is 73.4 cm³/mol. The highest BCUT2D eigenvalue weighted by Crippen LogP contribution is 2.18. The lowest BCUT2D eigenvalue weighted by atomic mass is 10.3. The zero-order chi connectivity index (χ0) is 14.1. The van der Waals surface area contributed by atoms with Gasteiger partial charge in [-0.1, -0.05) is 12.1 Å². The fourth-order valence-corrected chi connectivity index (χ4v) is 2.14. The second-order valence-corrected chi connectivity index (χ2v) is 4.35. The summed E-state index contributed by atoms with van der Waals surface area (Å²) in [6.45, 7) is 0. The fourth-order valence-electron chi connectivity index (χ4n) is 2.14. The maximum Gasteiger partial charge on any atom is 0.294 e. The van der Waals surface area contributed by atoms with E-state index in [0.29, 0.717) is 5.82 Å². The Labute approximate surface area is 114 Å². The Morgan fingerprint density at radius 1 is 1.35 bits per heavy atom. The molecular weight excluding hydrogens is 254 g/mol. The van der Waals surface area contributed by atoms with Gasteiger partial charge in [0, 0.05) is 19.4 Å². The van der Waals surface area contributed by atoms with Crippen LogP contribution in [-0.2, 0) is 13.5 Å². The summed E-state index contributed by atoms with van der Waals surface area (Å²) in [4.78, 5) is 20.8. The molecule has 2 aromatic heterocycles. The molecule has 0 aliphatic rings. The maximum absolute atomic E-state index is 12.2. The molecule has 20 heavy (non-hydrogen) atoms. The van der Waals surface area contributed by atoms with Crippen LogP contribution in [0.2, 0.25) is 0 Å². The second-order valence-electron chi connectivity index (χ2n) is 4.35. The lowest BCUT2D eigenvalue weighted by Gasteiger charge is -2.06. The van der Waals surface area contributed by atoms with Crippen LogP contribution in [0.15, 0.2) is 41.5 Å². The molecule has 6 nitrogen and oxygen atoms in total. The molecule has 0 spiro atoms. The van der Waals surface area contributed by atoms with Gasteiger partial charge in [-0.15, -0.1) is 0 Å². The number of rotatable bonds is 2. The zero-order valence-electron chi connectivity index (χ0n) is 10.8. The van der Waals surface area contributed by atoms with Gasteiger partial charge in [-0.05, 0) is 12.1 Å². The van der Waals surface area contributed by atoms with E-state index in [9.17, 15) is 4.79 Å². The highest BCUT2D eigenvalue weighted by Gasteiger charge is 2.15. The topological polar surface area (TPSA) is 76.5 Å². The summed E-state index contributed by atoms with van der Waals surface area (Å²) in [5.74, 6) is 0.776. The fraction of sp³-hybridized carbons (Fsp3) is 0.143. The Hall–Kier alpha value is -2.94. The Kier molecular flexibility index (Phi) is 2.80. The molecule has 6 heteroatoms. The molecule has 3 aromatic rings. The third-order valence-corrected chi connectivity index (χ3v) is 3.08. The van der Waals surface area contributed by atoms with Crippen molar-refractivity contribution < 1.29 is 0 Å². The smallest absolute Gasteiger partial charge is 0.294 e. The Bertz CT molecular complexity index is 884. The van der Waals surface area contributed by atoms with E-state index in [1.54, 1.807) is 24.0 Å². The molecular formula is C14H11N5O. The van der Waals surface area contributed by atoms with Gasteiger partial charge >= 0.3 is 0 Å². The largest absolute Gasteiger partial charge is 0.314 e. The number of hydrogen-bond acceptors (Lipinski definition) is 4. The molecule has 0 bridgehead atoms. The first-order valence-electron chi connectivity index (χ1n) is 6.07. The van der Waals surface area contributed by atoms with Gasteiger partial charge in [0.2, 0.25) is 5.82 Å². The van der Waals surface area contributed by atoms with E-state index in [2.05, 4.69) is 16.0 Å². The Morgan fingerprint density at radius 2 is 2.15 bits per heavy atom. The van der Waals surface area contributed by atoms with Crippen LogP contribution < -0.4 is 5.56 Å². The number of benzene rings is 1. The van der Waals surface area contributed by atoms with Crippen molar-refractivity contribution in [2.75, 3.05) is 0 Å². The van der Waals surface area contributed by atoms with Crippen LogP contribution in [0.4, 0.5) is 0 Å². The van der Waals surface area contributed by atoms with E-state index < -0.39 is 0 Å². The van der Waals surface area contributed by atoms with E-state index in [1.807, 2.05) is 24.3 Å². The van der Waals surface area contributed by atoms with Crippen molar-refractivity contribution in [2.24, 2.45) is 7.05 Å². The lowest BCUT2D eigenvalue weighted by molar-refractivity contribution is 0.799. The van der Waals surface area contributed by atoms with Crippen LogP contribution in [0.1, 0.15) is 5.82 Å². The van der Waals surface area contributed by atoms with Crippen molar-refractivity contribution in [3.05, 3.63) is 52.8 Å². The number of aromatic nitrogens is 4. The van der Waals surface area contributed by atoms with Gasteiger partial charge in [0.15, 0.2) is 0 Å². The number of imidazole rings is 1. The molecule has 0 aliphatic carbocycles. The number of hydrogen-bond donors (Lipinski definition) is 0. The van der Waals surface area contributed by atoms with Crippen LogP contribution in [-0.4, -0.2) is 19.1 Å². The summed E-state index contributed by atoms with van der Waals surface area (Å²) in [6.07, 6.45) is 3.27. The van der Waals surface area contributed by atoms with Gasteiger partial charge in [-0.3, -0.25) is 9.36 Å². The van der Waals surface area contributed by atoms with Gasteiger partial charge < -0.3 is 4.57 Å². The van der Waals surface area contributed by atoms with Crippen molar-refractivity contribution >= 4 is 11.0 Å². The quantitative estimate of drug-likeness (QED) is 0.697. The number of para-hydroxylation sites is 2. The zero-order valence-corrected chi connectivity index (χ0v) is 10.8. The van der Waals surface area contributed by atoms with Crippen molar-refractivity contribution in [1.82, 2.24) is 19.1 Å². The first-order valence-corrected chi connectivity index (χ1v) is 6.07. The van der Waals surface area contributed by atoms with Crippen LogP contribution in [0.5, 0.6) is 0 Å². The SMILES string of the molecule is Cn1ccnc(-n2c(CC#N)nc3ccccc32)c1=O. The molecule has 0 saturated heterocycles. The predicted octanol–water partition coefficient (Wildman–Crippen LogP) is 1.19. The molecule has 0 atom stereocenters. The molecule has 0 N–H and O–H groups in total. The van der Waals surface area contributed by atoms with Crippen LogP contribution in [0, 0.1) is 11.3 Å². The minimum absolute atomic E-state index is 0.119. The molecule has 98 valence electrons. The lowest BCUT2D eigenvalue weighted by Crippen LogP contribution is -2.23. The van der Waals surface area contributed by atoms with Gasteiger partial charge in [-0.2, -0.15) is 5.26 Å². The highest BCUT2D eigenvalue weighted by molar-refractivity contribution is 5.77. The Balaban J connectivity index is 2.40. The molecule has 0 amide bonds. The number of fused-ring (bicyclic) bond motifs is 1. The molecule has 0 aliphatic heterocycles. The van der Waals surface area contributed by atoms with E-state index >= 15 is 0 Å². The summed E-state index contributed by atoms with van der Waals surface area (Å²) in [5, 5.41) is 8.93. The van der Waals surface area contributed by atoms with Gasteiger partial charge in [0.05, 0.1) is 23.5 Å². The molecule has 1 aromatic carbocycles. The van der Waals surface area contributed by atoms with E-state index in [0.717, 1.165) is 11.0 Å². The standard InChI is InChI=1S/C14H11N5O/c1-18-9-8-16-13(14(18)20)19-11-5-3-2-4-10(11)17-12(19)6-7-15/h2-5,8-9H,6H2,1H3. The van der Waals surface area contributed by atoms with Crippen molar-refractivity contribution in [1.29, 1.82) is 5.26 Å². The second kappa shape index (κ2) is 4.63. The minimum Gasteiger partial charge on any atom is -0.314 e. The van der Waals surface area contributed by atoms with E-state index in [4.69, 9.17) is 5.26 Å². The molecule has 0 unspecified atom stereocenters. The average Bonchev–Trinajstić information content (AvgIpc) is 2.80. The minimum atomic E-state index is -0.227. The van der Waals surface area contributed by atoms with Gasteiger partial charge in [0.25, 0.3) is 5.56 Å². The first kappa shape index (κ1) is 12.1. The van der Waals surface area contributed by atoms with Gasteiger partial charge in [0.1, 0.15) is 5.82 Å². The summed E-state index contributed by atoms with van der Waals surface area (Å²) in [5.41, 5.74) is 1.29. The van der Waals surface area contributed by atoms with E-state index in [-0.39, 0.29) is 17.8 Å². The average molecular weight is 265 g/mol. The Morgan fingerprint density at radius 3 is 2.95 bits per heavy atom. The summed E-state index contributed by atoms with van der Waals surface area (Å²) in [7, 11) is 1.66. The monoisotopic (exact) mass is 265 g/mol. The third kappa shape index (κ3) is 1.77. The number of aryl methyl sites for hydroxylation is 1. The number of nitrogens with zero attached hydrogens (tertiary/aromatic N) is 5. The molecule has 0 radical (unpaired) electrons. The van der Waals surface area contributed by atoms with Crippen molar-refractivity contribution in [3.8, 4) is 11.9 Å². The molecule has 3 rings (SSSR count). The van der Waals surface area contributed by atoms with Crippen LogP contribution in [0.25, 0.3) is 16.9 Å². The maximum atomic E-state index is 12.2. The summed E-state index contributed by atoms with van der Waals surface area (Å²) < 4.78 is 3.11. The number of nitriles is 1. The van der Waals surface area contributed by atoms with Crippen LogP contribution in [0.3, 0.4) is 0 Å². The molecule has 0 saturated carbocycles. The first-order chi connectivity index (χ1) is 9.72. The summed E-state index contributed by atoms with van der Waals surface area (Å²) in [6, 6.07) is 9.51. The summed E-state index contributed by atoms with van der Waals surface area (Å²) >= 11 is 0. The van der Waals surface area contributed by atoms with E-state index in [1.165, 1.54) is 4.57 Å². The van der Waals surface area contributed by atoms with Crippen LogP contribution >= 0.6 is 0 Å². The highest BCUT2D eigenvalue weighted by atomic mass is 16.1. The molecule has 0 fully saturated rings. The normalized spacial score (nSPS) is 10.6.